The molecule has 0 saturated heterocycles. The first kappa shape index (κ1) is 27.0. The number of hydrogen-bond donors (Lipinski definition) is 1. The fourth-order valence-electron chi connectivity index (χ4n) is 6.40. The van der Waals surface area contributed by atoms with E-state index < -0.39 is 0 Å². The second-order valence-corrected chi connectivity index (χ2v) is 11.2. The molecule has 0 aliphatic carbocycles. The van der Waals surface area contributed by atoms with Gasteiger partial charge in [0.1, 0.15) is 5.75 Å². The minimum atomic E-state index is -0.268. The first-order chi connectivity index (χ1) is 21.1. The summed E-state index contributed by atoms with van der Waals surface area (Å²) in [5.74, 6) is 0.701. The first-order valence-corrected chi connectivity index (χ1v) is 14.8. The Kier molecular flexibility index (Phi) is 7.20. The Morgan fingerprint density at radius 1 is 0.907 bits per heavy atom. The van der Waals surface area contributed by atoms with Crippen molar-refractivity contribution in [2.75, 3.05) is 13.7 Å². The Morgan fingerprint density at radius 2 is 1.67 bits per heavy atom. The summed E-state index contributed by atoms with van der Waals surface area (Å²) >= 11 is 0. The van der Waals surface area contributed by atoms with Crippen LogP contribution in [0.3, 0.4) is 0 Å². The summed E-state index contributed by atoms with van der Waals surface area (Å²) in [6, 6.07) is 26.9. The number of aromatic nitrogens is 2. The Balaban J connectivity index is 1.20. The average molecular weight is 571 g/mol. The molecule has 1 aromatic heterocycles. The van der Waals surface area contributed by atoms with Crippen molar-refractivity contribution >= 4 is 39.9 Å². The minimum absolute atomic E-state index is 0.0655. The molecule has 2 aliphatic rings. The SMILES string of the molecule is COc1ccc(CN2CCc3c(c(C(=O)NCc4cccc5ccccc45)nn3C3N=CC=NC3C)C2)c2ccccc12. The van der Waals surface area contributed by atoms with E-state index >= 15 is 0 Å². The largest absolute Gasteiger partial charge is 0.496 e. The van der Waals surface area contributed by atoms with Gasteiger partial charge in [0, 0.05) is 61.7 Å². The van der Waals surface area contributed by atoms with Crippen LogP contribution in [-0.4, -0.2) is 52.7 Å². The molecular formula is C35H34N6O2. The van der Waals surface area contributed by atoms with Gasteiger partial charge < -0.3 is 10.1 Å². The van der Waals surface area contributed by atoms with E-state index in [1.807, 2.05) is 41.9 Å². The van der Waals surface area contributed by atoms with E-state index in [0.29, 0.717) is 18.8 Å². The fourth-order valence-corrected chi connectivity index (χ4v) is 6.40. The third kappa shape index (κ3) is 5.08. The van der Waals surface area contributed by atoms with Crippen molar-refractivity contribution in [3.63, 3.8) is 0 Å². The summed E-state index contributed by atoms with van der Waals surface area (Å²) in [6.07, 6.45) is 3.96. The molecule has 8 heteroatoms. The molecule has 43 heavy (non-hydrogen) atoms. The normalized spacial score (nSPS) is 18.2. The molecule has 2 atom stereocenters. The lowest BCUT2D eigenvalue weighted by molar-refractivity contribution is 0.0942. The highest BCUT2D eigenvalue weighted by atomic mass is 16.5. The van der Waals surface area contributed by atoms with E-state index in [0.717, 1.165) is 58.2 Å². The van der Waals surface area contributed by atoms with Gasteiger partial charge in [0.2, 0.25) is 0 Å². The molecular weight excluding hydrogens is 536 g/mol. The standard InChI is InChI=1S/C35H34N6O2/c1-23-34(37-18-17-36-23)41-31-16-19-40(21-26-14-15-32(43-2)29-13-6-5-12-28(26)29)22-30(31)33(39-41)35(42)38-20-25-10-7-9-24-8-3-4-11-27(24)25/h3-15,17-18,23,34H,16,19-22H2,1-2H3,(H,38,42). The van der Waals surface area contributed by atoms with Gasteiger partial charge in [-0.1, -0.05) is 72.8 Å². The highest BCUT2D eigenvalue weighted by Crippen LogP contribution is 2.32. The molecule has 0 spiro atoms. The van der Waals surface area contributed by atoms with Gasteiger partial charge in [-0.05, 0) is 40.3 Å². The summed E-state index contributed by atoms with van der Waals surface area (Å²) in [5, 5.41) is 12.7. The molecule has 2 aliphatic heterocycles. The molecule has 8 nitrogen and oxygen atoms in total. The monoisotopic (exact) mass is 570 g/mol. The molecule has 7 rings (SSSR count). The Labute approximate surface area is 250 Å². The number of nitrogens with one attached hydrogen (secondary N) is 1. The number of aliphatic imine (C=N–C) groups is 2. The predicted octanol–water partition coefficient (Wildman–Crippen LogP) is 5.73. The molecule has 4 aromatic carbocycles. The molecule has 1 N–H and O–H groups in total. The van der Waals surface area contributed by atoms with E-state index in [1.54, 1.807) is 19.5 Å². The summed E-state index contributed by atoms with van der Waals surface area (Å²) in [4.78, 5) is 25.5. The van der Waals surface area contributed by atoms with E-state index in [4.69, 9.17) is 14.8 Å². The van der Waals surface area contributed by atoms with Gasteiger partial charge in [0.15, 0.2) is 11.9 Å². The smallest absolute Gasteiger partial charge is 0.272 e. The van der Waals surface area contributed by atoms with Crippen molar-refractivity contribution in [1.29, 1.82) is 0 Å². The molecule has 5 aromatic rings. The third-order valence-corrected chi connectivity index (χ3v) is 8.60. The molecule has 0 fully saturated rings. The van der Waals surface area contributed by atoms with Crippen LogP contribution in [0.5, 0.6) is 5.75 Å². The van der Waals surface area contributed by atoms with Gasteiger partial charge in [0.05, 0.1) is 13.2 Å². The summed E-state index contributed by atoms with van der Waals surface area (Å²) < 4.78 is 7.56. The van der Waals surface area contributed by atoms with E-state index in [1.165, 1.54) is 10.9 Å². The molecule has 1 amide bonds. The molecule has 216 valence electrons. The summed E-state index contributed by atoms with van der Waals surface area (Å²) in [7, 11) is 1.71. The van der Waals surface area contributed by atoms with Crippen molar-refractivity contribution < 1.29 is 9.53 Å². The number of carbonyl (C=O) groups excluding carboxylic acids is 1. The van der Waals surface area contributed by atoms with E-state index in [2.05, 4.69) is 63.7 Å². The van der Waals surface area contributed by atoms with E-state index in [9.17, 15) is 4.79 Å². The average Bonchev–Trinajstić information content (AvgIpc) is 3.42. The maximum atomic E-state index is 13.8. The number of benzene rings is 4. The van der Waals surface area contributed by atoms with Crippen LogP contribution in [0.1, 0.15) is 46.0 Å². The van der Waals surface area contributed by atoms with Crippen LogP contribution in [0, 0.1) is 0 Å². The zero-order chi connectivity index (χ0) is 29.3. The van der Waals surface area contributed by atoms with Gasteiger partial charge in [-0.15, -0.1) is 0 Å². The molecule has 3 heterocycles. The number of ether oxygens (including phenoxy) is 1. The van der Waals surface area contributed by atoms with Crippen molar-refractivity contribution in [3.8, 4) is 5.75 Å². The van der Waals surface area contributed by atoms with Gasteiger partial charge in [-0.25, -0.2) is 4.68 Å². The summed E-state index contributed by atoms with van der Waals surface area (Å²) in [6.45, 7) is 4.70. The zero-order valence-corrected chi connectivity index (χ0v) is 24.4. The van der Waals surface area contributed by atoms with Crippen LogP contribution in [0.25, 0.3) is 21.5 Å². The number of hydrogen-bond acceptors (Lipinski definition) is 6. The van der Waals surface area contributed by atoms with Gasteiger partial charge in [-0.2, -0.15) is 5.10 Å². The van der Waals surface area contributed by atoms with Crippen LogP contribution in [0.15, 0.2) is 88.8 Å². The maximum absolute atomic E-state index is 13.8. The lowest BCUT2D eigenvalue weighted by atomic mass is 10.0. The quantitative estimate of drug-likeness (QED) is 0.271. The molecule has 0 bridgehead atoms. The minimum Gasteiger partial charge on any atom is -0.496 e. The summed E-state index contributed by atoms with van der Waals surface area (Å²) in [5.41, 5.74) is 4.81. The molecule has 0 saturated carbocycles. The predicted molar refractivity (Wildman–Crippen MR) is 171 cm³/mol. The Morgan fingerprint density at radius 3 is 2.51 bits per heavy atom. The third-order valence-electron chi connectivity index (χ3n) is 8.60. The zero-order valence-electron chi connectivity index (χ0n) is 24.4. The first-order valence-electron chi connectivity index (χ1n) is 14.8. The maximum Gasteiger partial charge on any atom is 0.272 e. The molecule has 2 unspecified atom stereocenters. The van der Waals surface area contributed by atoms with Crippen molar-refractivity contribution in [2.45, 2.75) is 45.2 Å². The van der Waals surface area contributed by atoms with Gasteiger partial charge in [-0.3, -0.25) is 19.7 Å². The highest BCUT2D eigenvalue weighted by molar-refractivity contribution is 6.16. The second kappa shape index (κ2) is 11.5. The van der Waals surface area contributed by atoms with Crippen molar-refractivity contribution in [3.05, 3.63) is 107 Å². The van der Waals surface area contributed by atoms with Crippen LogP contribution >= 0.6 is 0 Å². The van der Waals surface area contributed by atoms with Crippen LogP contribution in [0.2, 0.25) is 0 Å². The molecule has 0 radical (unpaired) electrons. The number of nitrogens with zero attached hydrogens (tertiary/aromatic N) is 5. The Bertz CT molecular complexity index is 1890. The number of methoxy groups -OCH3 is 1. The van der Waals surface area contributed by atoms with Crippen LogP contribution in [-0.2, 0) is 26.1 Å². The fraction of sp³-hybridized carbons (Fsp3) is 0.257. The van der Waals surface area contributed by atoms with Crippen LogP contribution < -0.4 is 10.1 Å². The topological polar surface area (TPSA) is 84.1 Å². The lowest BCUT2D eigenvalue weighted by Gasteiger charge is -2.29. The number of fused-ring (bicyclic) bond motifs is 3. The second-order valence-electron chi connectivity index (χ2n) is 11.2. The van der Waals surface area contributed by atoms with Crippen molar-refractivity contribution in [2.24, 2.45) is 9.98 Å². The number of amides is 1. The van der Waals surface area contributed by atoms with Crippen LogP contribution in [0.4, 0.5) is 0 Å². The van der Waals surface area contributed by atoms with E-state index in [-0.39, 0.29) is 18.1 Å². The van der Waals surface area contributed by atoms with Crippen molar-refractivity contribution in [1.82, 2.24) is 20.0 Å². The van der Waals surface area contributed by atoms with Gasteiger partial charge in [0.25, 0.3) is 5.91 Å². The Hall–Kier alpha value is -4.82. The lowest BCUT2D eigenvalue weighted by Crippen LogP contribution is -2.33. The van der Waals surface area contributed by atoms with Gasteiger partial charge >= 0.3 is 0 Å². The number of rotatable bonds is 7. The number of carbonyl (C=O) groups is 1. The highest BCUT2D eigenvalue weighted by Gasteiger charge is 2.32.